The van der Waals surface area contributed by atoms with Crippen LogP contribution in [0.4, 0.5) is 4.39 Å². The Balaban J connectivity index is 1.73. The predicted octanol–water partition coefficient (Wildman–Crippen LogP) is 1.82. The fourth-order valence-corrected chi connectivity index (χ4v) is 2.09. The van der Waals surface area contributed by atoms with E-state index in [1.54, 1.807) is 12.1 Å². The average Bonchev–Trinajstić information content (AvgIpc) is 2.24. The Morgan fingerprint density at radius 2 is 2.06 bits per heavy atom. The second-order valence-corrected chi connectivity index (χ2v) is 4.46. The zero-order valence-corrected chi connectivity index (χ0v) is 9.53. The first-order valence-electron chi connectivity index (χ1n) is 5.87. The Morgan fingerprint density at radius 1 is 1.35 bits per heavy atom. The summed E-state index contributed by atoms with van der Waals surface area (Å²) < 4.78 is 12.7. The first-order valence-corrected chi connectivity index (χ1v) is 5.87. The molecule has 3 nitrogen and oxygen atoms in total. The first kappa shape index (κ1) is 12.0. The zero-order chi connectivity index (χ0) is 12.3. The second kappa shape index (κ2) is 5.27. The van der Waals surface area contributed by atoms with Crippen LogP contribution in [-0.2, 0) is 11.2 Å². The Hall–Kier alpha value is -1.42. The van der Waals surface area contributed by atoms with Crippen molar-refractivity contribution in [1.29, 1.82) is 0 Å². The van der Waals surface area contributed by atoms with Gasteiger partial charge in [-0.2, -0.15) is 0 Å². The summed E-state index contributed by atoms with van der Waals surface area (Å²) in [6.07, 6.45) is 2.49. The molecule has 1 aromatic carbocycles. The van der Waals surface area contributed by atoms with E-state index in [-0.39, 0.29) is 17.8 Å². The van der Waals surface area contributed by atoms with E-state index in [2.05, 4.69) is 5.32 Å². The van der Waals surface area contributed by atoms with Crippen molar-refractivity contribution in [3.05, 3.63) is 35.6 Å². The van der Waals surface area contributed by atoms with Crippen molar-refractivity contribution in [2.75, 3.05) is 6.54 Å². The number of carbonyl (C=O) groups is 1. The maximum absolute atomic E-state index is 12.7. The number of rotatable bonds is 5. The lowest BCUT2D eigenvalue weighted by Gasteiger charge is -2.34. The number of nitrogens with one attached hydrogen (secondary N) is 1. The molecule has 0 radical (unpaired) electrons. The van der Waals surface area contributed by atoms with Gasteiger partial charge in [-0.1, -0.05) is 12.1 Å². The van der Waals surface area contributed by atoms with E-state index >= 15 is 0 Å². The van der Waals surface area contributed by atoms with Crippen molar-refractivity contribution in [1.82, 2.24) is 5.32 Å². The van der Waals surface area contributed by atoms with Crippen LogP contribution in [-0.4, -0.2) is 23.7 Å². The highest BCUT2D eigenvalue weighted by molar-refractivity contribution is 5.72. The molecule has 92 valence electrons. The Kier molecular flexibility index (Phi) is 3.74. The van der Waals surface area contributed by atoms with Gasteiger partial charge < -0.3 is 10.4 Å². The van der Waals surface area contributed by atoms with Crippen molar-refractivity contribution in [2.45, 2.75) is 25.3 Å². The van der Waals surface area contributed by atoms with Crippen molar-refractivity contribution in [3.8, 4) is 0 Å². The van der Waals surface area contributed by atoms with Gasteiger partial charge in [-0.3, -0.25) is 4.79 Å². The van der Waals surface area contributed by atoms with Gasteiger partial charge in [0, 0.05) is 6.04 Å². The monoisotopic (exact) mass is 237 g/mol. The van der Waals surface area contributed by atoms with Crippen LogP contribution in [0.3, 0.4) is 0 Å². The molecule has 4 heteroatoms. The smallest absolute Gasteiger partial charge is 0.308 e. The van der Waals surface area contributed by atoms with E-state index in [1.165, 1.54) is 12.1 Å². The molecule has 1 fully saturated rings. The highest BCUT2D eigenvalue weighted by Gasteiger charge is 2.35. The van der Waals surface area contributed by atoms with E-state index in [0.717, 1.165) is 31.4 Å². The van der Waals surface area contributed by atoms with Crippen molar-refractivity contribution >= 4 is 5.97 Å². The fraction of sp³-hybridized carbons (Fsp3) is 0.462. The number of hydrogen-bond acceptors (Lipinski definition) is 2. The number of carboxylic acid groups (broad SMARTS) is 1. The van der Waals surface area contributed by atoms with E-state index in [4.69, 9.17) is 5.11 Å². The molecule has 0 aliphatic heterocycles. The first-order chi connectivity index (χ1) is 8.16. The number of benzene rings is 1. The standard InChI is InChI=1S/C13H16FNO2/c14-10-3-1-9(2-4-10)7-8-15-12-6-5-11(12)13(16)17/h1-4,11-12,15H,5-8H2,(H,16,17). The Bertz CT molecular complexity index is 391. The molecule has 2 atom stereocenters. The summed E-state index contributed by atoms with van der Waals surface area (Å²) in [5.74, 6) is -1.18. The van der Waals surface area contributed by atoms with Crippen LogP contribution < -0.4 is 5.32 Å². The van der Waals surface area contributed by atoms with E-state index in [0.29, 0.717) is 0 Å². The molecule has 0 bridgehead atoms. The third kappa shape index (κ3) is 3.03. The second-order valence-electron chi connectivity index (χ2n) is 4.46. The molecular weight excluding hydrogens is 221 g/mol. The van der Waals surface area contributed by atoms with Gasteiger partial charge in [0.2, 0.25) is 0 Å². The molecule has 1 aromatic rings. The van der Waals surface area contributed by atoms with Gasteiger partial charge in [0.05, 0.1) is 5.92 Å². The highest BCUT2D eigenvalue weighted by atomic mass is 19.1. The summed E-state index contributed by atoms with van der Waals surface area (Å²) in [5, 5.41) is 12.1. The molecule has 0 spiro atoms. The molecule has 2 unspecified atom stereocenters. The lowest BCUT2D eigenvalue weighted by molar-refractivity contribution is -0.146. The SMILES string of the molecule is O=C(O)C1CCC1NCCc1ccc(F)cc1. The maximum Gasteiger partial charge on any atom is 0.308 e. The normalized spacial score (nSPS) is 23.1. The minimum Gasteiger partial charge on any atom is -0.481 e. The van der Waals surface area contributed by atoms with Gasteiger partial charge >= 0.3 is 5.97 Å². The highest BCUT2D eigenvalue weighted by Crippen LogP contribution is 2.27. The van der Waals surface area contributed by atoms with Crippen LogP contribution in [0, 0.1) is 11.7 Å². The average molecular weight is 237 g/mol. The number of hydrogen-bond donors (Lipinski definition) is 2. The van der Waals surface area contributed by atoms with Gasteiger partial charge in [-0.25, -0.2) is 4.39 Å². The van der Waals surface area contributed by atoms with E-state index < -0.39 is 5.97 Å². The maximum atomic E-state index is 12.7. The van der Waals surface area contributed by atoms with Gasteiger partial charge in [0.1, 0.15) is 5.82 Å². The predicted molar refractivity (Wildman–Crippen MR) is 62.3 cm³/mol. The minimum atomic E-state index is -0.712. The third-order valence-electron chi connectivity index (χ3n) is 3.33. The Labute approximate surface area is 99.7 Å². The van der Waals surface area contributed by atoms with Crippen LogP contribution in [0.1, 0.15) is 18.4 Å². The molecule has 1 aliphatic rings. The van der Waals surface area contributed by atoms with Crippen LogP contribution in [0.15, 0.2) is 24.3 Å². The molecule has 17 heavy (non-hydrogen) atoms. The van der Waals surface area contributed by atoms with Crippen molar-refractivity contribution in [3.63, 3.8) is 0 Å². The summed E-state index contributed by atoms with van der Waals surface area (Å²) in [5.41, 5.74) is 1.06. The molecule has 0 heterocycles. The topological polar surface area (TPSA) is 49.3 Å². The van der Waals surface area contributed by atoms with E-state index in [1.807, 2.05) is 0 Å². The number of aliphatic carboxylic acids is 1. The van der Waals surface area contributed by atoms with Crippen molar-refractivity contribution in [2.24, 2.45) is 5.92 Å². The summed E-state index contributed by atoms with van der Waals surface area (Å²) in [6, 6.07) is 6.50. The molecule has 1 saturated carbocycles. The lowest BCUT2D eigenvalue weighted by atomic mass is 9.79. The molecule has 2 N–H and O–H groups in total. The van der Waals surface area contributed by atoms with Crippen LogP contribution in [0.25, 0.3) is 0 Å². The Morgan fingerprint density at radius 3 is 2.59 bits per heavy atom. The number of carboxylic acids is 1. The van der Waals surface area contributed by atoms with Gasteiger partial charge in [-0.05, 0) is 43.5 Å². The molecule has 1 aliphatic carbocycles. The van der Waals surface area contributed by atoms with Gasteiger partial charge in [0.25, 0.3) is 0 Å². The largest absolute Gasteiger partial charge is 0.481 e. The molecule has 0 saturated heterocycles. The summed E-state index contributed by atoms with van der Waals surface area (Å²) in [4.78, 5) is 10.8. The van der Waals surface area contributed by atoms with Gasteiger partial charge in [0.15, 0.2) is 0 Å². The quantitative estimate of drug-likeness (QED) is 0.821. The van der Waals surface area contributed by atoms with Crippen molar-refractivity contribution < 1.29 is 14.3 Å². The van der Waals surface area contributed by atoms with E-state index in [9.17, 15) is 9.18 Å². The molecule has 0 aromatic heterocycles. The summed E-state index contributed by atoms with van der Waals surface area (Å²) >= 11 is 0. The van der Waals surface area contributed by atoms with Crippen LogP contribution in [0.5, 0.6) is 0 Å². The molecule has 0 amide bonds. The third-order valence-corrected chi connectivity index (χ3v) is 3.33. The molecular formula is C13H16FNO2. The minimum absolute atomic E-state index is 0.105. The molecule has 2 rings (SSSR count). The summed E-state index contributed by atoms with van der Waals surface area (Å²) in [6.45, 7) is 0.736. The summed E-state index contributed by atoms with van der Waals surface area (Å²) in [7, 11) is 0. The lowest BCUT2D eigenvalue weighted by Crippen LogP contribution is -2.48. The van der Waals surface area contributed by atoms with Crippen LogP contribution in [0.2, 0.25) is 0 Å². The van der Waals surface area contributed by atoms with Crippen LogP contribution >= 0.6 is 0 Å². The number of halogens is 1. The fourth-order valence-electron chi connectivity index (χ4n) is 2.09. The zero-order valence-electron chi connectivity index (χ0n) is 9.53. The van der Waals surface area contributed by atoms with Gasteiger partial charge in [-0.15, -0.1) is 0 Å².